The lowest BCUT2D eigenvalue weighted by molar-refractivity contribution is -0.928. The van der Waals surface area contributed by atoms with E-state index in [1.165, 1.54) is 120 Å². The van der Waals surface area contributed by atoms with Crippen molar-refractivity contribution in [2.24, 2.45) is 0 Å². The van der Waals surface area contributed by atoms with Crippen LogP contribution in [0.25, 0.3) is 0 Å². The van der Waals surface area contributed by atoms with E-state index in [4.69, 9.17) is 6.42 Å². The minimum Gasteiger partial charge on any atom is -0.303 e. The first-order valence-corrected chi connectivity index (χ1v) is 13.3. The molecule has 0 aliphatic rings. The number of hydrogen-bond acceptors (Lipinski definition) is 0. The van der Waals surface area contributed by atoms with Gasteiger partial charge in [0.15, 0.2) is 0 Å². The Morgan fingerprint density at radius 1 is 0.667 bits per heavy atom. The number of halogens is 1. The standard InChI is InChI=1S/C25H49IN/c1-5-9-12-13-14-15-16-17-18-21-25(26)27(22-8-4,23-19-10-6-2)24-20-11-7-3/h4,25H,5-7,9-24H2,1-3H3/q+1. The summed E-state index contributed by atoms with van der Waals surface area (Å²) in [7, 11) is 0. The van der Waals surface area contributed by atoms with Crippen molar-refractivity contribution in [1.82, 2.24) is 0 Å². The molecule has 0 N–H and O–H groups in total. The molecule has 0 spiro atoms. The molecule has 0 bridgehead atoms. The number of nitrogens with zero attached hydrogens (tertiary/aromatic N) is 1. The van der Waals surface area contributed by atoms with Crippen LogP contribution < -0.4 is 0 Å². The van der Waals surface area contributed by atoms with Crippen LogP contribution >= 0.6 is 22.6 Å². The summed E-state index contributed by atoms with van der Waals surface area (Å²) in [6.45, 7) is 10.4. The molecule has 0 fully saturated rings. The molecule has 0 saturated carbocycles. The molecule has 160 valence electrons. The van der Waals surface area contributed by atoms with E-state index in [0.29, 0.717) is 4.05 Å². The fourth-order valence-corrected chi connectivity index (χ4v) is 5.28. The van der Waals surface area contributed by atoms with Crippen molar-refractivity contribution >= 4 is 22.6 Å². The summed E-state index contributed by atoms with van der Waals surface area (Å²) in [5.74, 6) is 3.05. The summed E-state index contributed by atoms with van der Waals surface area (Å²) in [6.07, 6.45) is 27.9. The Kier molecular flexibility index (Phi) is 19.7. The molecule has 0 aromatic carbocycles. The maximum atomic E-state index is 5.84. The van der Waals surface area contributed by atoms with E-state index in [0.717, 1.165) is 6.54 Å². The van der Waals surface area contributed by atoms with Crippen molar-refractivity contribution in [1.29, 1.82) is 0 Å². The van der Waals surface area contributed by atoms with Gasteiger partial charge in [0.2, 0.25) is 0 Å². The van der Waals surface area contributed by atoms with Crippen LogP contribution in [0.2, 0.25) is 0 Å². The van der Waals surface area contributed by atoms with Gasteiger partial charge in [-0.15, -0.1) is 6.42 Å². The third-order valence-corrected chi connectivity index (χ3v) is 7.76. The molecule has 0 saturated heterocycles. The minimum atomic E-state index is 0.692. The van der Waals surface area contributed by atoms with E-state index in [2.05, 4.69) is 49.3 Å². The highest BCUT2D eigenvalue weighted by Gasteiger charge is 2.33. The van der Waals surface area contributed by atoms with E-state index in [-0.39, 0.29) is 0 Å². The van der Waals surface area contributed by atoms with Crippen LogP contribution in [0, 0.1) is 12.3 Å². The fourth-order valence-electron chi connectivity index (χ4n) is 4.08. The number of quaternary nitrogens is 1. The third kappa shape index (κ3) is 14.0. The first kappa shape index (κ1) is 27.2. The second kappa shape index (κ2) is 19.6. The van der Waals surface area contributed by atoms with Crippen molar-refractivity contribution in [3.8, 4) is 12.3 Å². The Morgan fingerprint density at radius 2 is 1.07 bits per heavy atom. The average molecular weight is 491 g/mol. The third-order valence-electron chi connectivity index (χ3n) is 5.96. The summed E-state index contributed by atoms with van der Waals surface area (Å²) >= 11 is 2.74. The molecule has 1 unspecified atom stereocenters. The van der Waals surface area contributed by atoms with E-state index >= 15 is 0 Å². The molecular formula is C25H49IN+. The highest BCUT2D eigenvalue weighted by molar-refractivity contribution is 14.1. The van der Waals surface area contributed by atoms with Crippen LogP contribution in [0.3, 0.4) is 0 Å². The van der Waals surface area contributed by atoms with Gasteiger partial charge >= 0.3 is 0 Å². The van der Waals surface area contributed by atoms with Gasteiger partial charge in [-0.2, -0.15) is 0 Å². The molecule has 2 heteroatoms. The summed E-state index contributed by atoms with van der Waals surface area (Å²) in [5.41, 5.74) is 0. The monoisotopic (exact) mass is 490 g/mol. The van der Waals surface area contributed by atoms with Crippen LogP contribution in [0.15, 0.2) is 0 Å². The molecule has 0 radical (unpaired) electrons. The summed E-state index contributed by atoms with van der Waals surface area (Å²) in [5, 5.41) is 0. The molecule has 0 amide bonds. The molecule has 0 heterocycles. The topological polar surface area (TPSA) is 0 Å². The number of alkyl halides is 1. The van der Waals surface area contributed by atoms with Gasteiger partial charge in [-0.05, 0) is 60.6 Å². The maximum absolute atomic E-state index is 5.84. The Bertz CT molecular complexity index is 337. The van der Waals surface area contributed by atoms with Gasteiger partial charge in [0.25, 0.3) is 0 Å². The van der Waals surface area contributed by atoms with E-state index in [9.17, 15) is 0 Å². The van der Waals surface area contributed by atoms with Gasteiger partial charge in [0.1, 0.15) is 10.6 Å². The molecule has 1 atom stereocenters. The van der Waals surface area contributed by atoms with Crippen molar-refractivity contribution in [3.05, 3.63) is 0 Å². The average Bonchev–Trinajstić information content (AvgIpc) is 2.66. The molecule has 1 nitrogen and oxygen atoms in total. The Balaban J connectivity index is 4.33. The van der Waals surface area contributed by atoms with Crippen LogP contribution in [0.5, 0.6) is 0 Å². The van der Waals surface area contributed by atoms with Crippen molar-refractivity contribution in [2.75, 3.05) is 19.6 Å². The smallest absolute Gasteiger partial charge is 0.141 e. The van der Waals surface area contributed by atoms with Crippen LogP contribution in [0.4, 0.5) is 0 Å². The zero-order valence-electron chi connectivity index (χ0n) is 18.9. The van der Waals surface area contributed by atoms with Crippen molar-refractivity contribution in [2.45, 2.75) is 128 Å². The van der Waals surface area contributed by atoms with E-state index < -0.39 is 0 Å². The second-order valence-electron chi connectivity index (χ2n) is 8.49. The molecule has 0 rings (SSSR count). The summed E-state index contributed by atoms with van der Waals surface area (Å²) in [6, 6.07) is 0. The second-order valence-corrected chi connectivity index (χ2v) is 9.93. The quantitative estimate of drug-likeness (QED) is 0.0401. The number of terminal acetylenes is 1. The van der Waals surface area contributed by atoms with Gasteiger partial charge in [-0.25, -0.2) is 0 Å². The number of rotatable bonds is 20. The lowest BCUT2D eigenvalue weighted by Gasteiger charge is -2.42. The Morgan fingerprint density at radius 3 is 1.52 bits per heavy atom. The molecule has 0 aliphatic heterocycles. The maximum Gasteiger partial charge on any atom is 0.141 e. The Hall–Kier alpha value is 0.250. The van der Waals surface area contributed by atoms with Gasteiger partial charge in [-0.1, -0.05) is 85.0 Å². The Labute approximate surface area is 186 Å². The zero-order valence-corrected chi connectivity index (χ0v) is 21.1. The van der Waals surface area contributed by atoms with Gasteiger partial charge < -0.3 is 4.48 Å². The highest BCUT2D eigenvalue weighted by atomic mass is 127. The summed E-state index contributed by atoms with van der Waals surface area (Å²) in [4.78, 5) is 0. The van der Waals surface area contributed by atoms with Crippen LogP contribution in [0.1, 0.15) is 124 Å². The lowest BCUT2D eigenvalue weighted by Crippen LogP contribution is -2.54. The first-order valence-electron chi connectivity index (χ1n) is 12.1. The predicted molar refractivity (Wildman–Crippen MR) is 132 cm³/mol. The highest BCUT2D eigenvalue weighted by Crippen LogP contribution is 2.27. The lowest BCUT2D eigenvalue weighted by atomic mass is 10.1. The largest absolute Gasteiger partial charge is 0.303 e. The molecule has 0 aromatic rings. The van der Waals surface area contributed by atoms with Crippen molar-refractivity contribution < 1.29 is 4.48 Å². The molecular weight excluding hydrogens is 441 g/mol. The normalized spacial score (nSPS) is 12.9. The van der Waals surface area contributed by atoms with Crippen molar-refractivity contribution in [3.63, 3.8) is 0 Å². The molecule has 0 aliphatic carbocycles. The van der Waals surface area contributed by atoms with Gasteiger partial charge in [0, 0.05) is 6.42 Å². The fraction of sp³-hybridized carbons (Fsp3) is 0.920. The van der Waals surface area contributed by atoms with E-state index in [1.54, 1.807) is 0 Å². The van der Waals surface area contributed by atoms with Crippen LogP contribution in [-0.2, 0) is 0 Å². The first-order chi connectivity index (χ1) is 13.2. The molecule has 0 aromatic heterocycles. The minimum absolute atomic E-state index is 0.692. The summed E-state index contributed by atoms with van der Waals surface area (Å²) < 4.78 is 1.87. The van der Waals surface area contributed by atoms with Gasteiger partial charge in [-0.3, -0.25) is 0 Å². The molecule has 27 heavy (non-hydrogen) atoms. The number of unbranched alkanes of at least 4 members (excludes halogenated alkanes) is 12. The van der Waals surface area contributed by atoms with Crippen LogP contribution in [-0.4, -0.2) is 28.2 Å². The SMILES string of the molecule is C#CC[N+](CCCCC)(CCCCC)C(I)CCCCCCCCCCC. The van der Waals surface area contributed by atoms with E-state index in [1.807, 2.05) is 0 Å². The predicted octanol–water partition coefficient (Wildman–Crippen LogP) is 8.50. The zero-order chi connectivity index (χ0) is 20.2. The number of hydrogen-bond donors (Lipinski definition) is 0. The van der Waals surface area contributed by atoms with Gasteiger partial charge in [0.05, 0.1) is 13.1 Å².